The maximum absolute atomic E-state index is 17.2. The third-order valence-electron chi connectivity index (χ3n) is 11.0. The van der Waals surface area contributed by atoms with Crippen LogP contribution in [-0.2, 0) is 4.74 Å². The highest BCUT2D eigenvalue weighted by atomic mass is 19.1. The minimum absolute atomic E-state index is 0.0483. The molecular weight excluding hydrogens is 457 g/mol. The number of nitrogens with zero attached hydrogens (tertiary/aromatic N) is 3. The molecule has 3 aliphatic carbocycles. The standard InChI is InChI=1S/C29H36FN3O3/c1-26-9-11-28(30)15-20-24(34)25(35)22(33(2)3)16-27(20)10-12-29(28,36-27)23(26)7-5-19(26)17-4-6-21-18(14-17)8-13-31-32-21/h4-6,8,13-14,20,22-25,34-35H,7,9-12,15-16H2,1-3H3. The molecule has 0 amide bonds. The van der Waals surface area contributed by atoms with Crippen LogP contribution in [0.5, 0.6) is 0 Å². The van der Waals surface area contributed by atoms with Crippen molar-refractivity contribution in [2.75, 3.05) is 14.1 Å². The Hall–Kier alpha value is -1.93. The van der Waals surface area contributed by atoms with Gasteiger partial charge in [-0.1, -0.05) is 19.1 Å². The van der Waals surface area contributed by atoms with E-state index in [0.29, 0.717) is 19.3 Å². The topological polar surface area (TPSA) is 78.7 Å². The molecule has 1 aromatic heterocycles. The Morgan fingerprint density at radius 2 is 1.89 bits per heavy atom. The Morgan fingerprint density at radius 3 is 2.69 bits per heavy atom. The molecule has 7 heteroatoms. The quantitative estimate of drug-likeness (QED) is 0.661. The summed E-state index contributed by atoms with van der Waals surface area (Å²) in [6.45, 7) is 2.31. The zero-order valence-corrected chi connectivity index (χ0v) is 21.3. The second-order valence-electron chi connectivity index (χ2n) is 12.7. The summed E-state index contributed by atoms with van der Waals surface area (Å²) in [6, 6.07) is 8.12. The van der Waals surface area contributed by atoms with Gasteiger partial charge in [-0.2, -0.15) is 10.2 Å². The number of hydrogen-bond acceptors (Lipinski definition) is 6. The molecule has 2 N–H and O–H groups in total. The molecule has 2 spiro atoms. The van der Waals surface area contributed by atoms with Crippen LogP contribution in [0.1, 0.15) is 57.4 Å². The molecule has 2 aromatic rings. The summed E-state index contributed by atoms with van der Waals surface area (Å²) in [5.41, 5.74) is 0.237. The normalized spacial score (nSPS) is 47.4. The van der Waals surface area contributed by atoms with Crippen molar-refractivity contribution < 1.29 is 19.3 Å². The lowest BCUT2D eigenvalue weighted by Gasteiger charge is -2.64. The molecule has 2 aliphatic heterocycles. The van der Waals surface area contributed by atoms with Crippen molar-refractivity contribution in [1.82, 2.24) is 15.1 Å². The monoisotopic (exact) mass is 493 g/mol. The number of aliphatic hydroxyl groups is 2. The highest BCUT2D eigenvalue weighted by molar-refractivity contribution is 5.84. The third-order valence-corrected chi connectivity index (χ3v) is 11.0. The van der Waals surface area contributed by atoms with Gasteiger partial charge in [0.1, 0.15) is 11.3 Å². The largest absolute Gasteiger partial charge is 0.390 e. The van der Waals surface area contributed by atoms with E-state index in [9.17, 15) is 10.2 Å². The van der Waals surface area contributed by atoms with Gasteiger partial charge in [0, 0.05) is 23.3 Å². The summed E-state index contributed by atoms with van der Waals surface area (Å²) in [6.07, 6.45) is 6.49. The van der Waals surface area contributed by atoms with Crippen molar-refractivity contribution in [3.8, 4) is 0 Å². The zero-order chi connectivity index (χ0) is 25.1. The van der Waals surface area contributed by atoms with Crippen LogP contribution in [0.15, 0.2) is 36.5 Å². The maximum atomic E-state index is 17.2. The number of fused-ring (bicyclic) bond motifs is 2. The fraction of sp³-hybridized carbons (Fsp3) is 0.655. The lowest BCUT2D eigenvalue weighted by atomic mass is 9.51. The second-order valence-corrected chi connectivity index (χ2v) is 12.7. The minimum Gasteiger partial charge on any atom is -0.390 e. The number of halogens is 1. The van der Waals surface area contributed by atoms with E-state index in [0.717, 1.165) is 30.2 Å². The average Bonchev–Trinajstić information content (AvgIpc) is 3.39. The van der Waals surface area contributed by atoms with E-state index in [2.05, 4.69) is 35.3 Å². The van der Waals surface area contributed by atoms with Crippen molar-refractivity contribution in [2.45, 2.75) is 87.0 Å². The Bertz CT molecular complexity index is 1270. The van der Waals surface area contributed by atoms with Gasteiger partial charge in [0.25, 0.3) is 0 Å². The minimum atomic E-state index is -1.49. The summed E-state index contributed by atoms with van der Waals surface area (Å²) in [5.74, 6) is -0.323. The highest BCUT2D eigenvalue weighted by Gasteiger charge is 2.77. The molecule has 192 valence electrons. The van der Waals surface area contributed by atoms with Crippen molar-refractivity contribution in [3.63, 3.8) is 0 Å². The predicted molar refractivity (Wildman–Crippen MR) is 135 cm³/mol. The molecule has 5 aliphatic rings. The van der Waals surface area contributed by atoms with E-state index < -0.39 is 29.1 Å². The second kappa shape index (κ2) is 7.34. The van der Waals surface area contributed by atoms with Crippen LogP contribution in [0.4, 0.5) is 4.39 Å². The van der Waals surface area contributed by atoms with Gasteiger partial charge in [-0.25, -0.2) is 4.39 Å². The van der Waals surface area contributed by atoms with Gasteiger partial charge < -0.3 is 19.8 Å². The number of alkyl halides is 1. The fourth-order valence-corrected chi connectivity index (χ4v) is 9.16. The van der Waals surface area contributed by atoms with Crippen LogP contribution >= 0.6 is 0 Å². The molecule has 7 rings (SSSR count). The summed E-state index contributed by atoms with van der Waals surface area (Å²) in [5, 5.41) is 31.4. The van der Waals surface area contributed by atoms with Crippen LogP contribution in [-0.4, -0.2) is 74.5 Å². The molecule has 36 heavy (non-hydrogen) atoms. The van der Waals surface area contributed by atoms with Gasteiger partial charge in [0.2, 0.25) is 0 Å². The van der Waals surface area contributed by atoms with Crippen molar-refractivity contribution >= 4 is 16.5 Å². The van der Waals surface area contributed by atoms with E-state index in [-0.39, 0.29) is 29.7 Å². The first-order valence-corrected chi connectivity index (χ1v) is 13.5. The fourth-order valence-electron chi connectivity index (χ4n) is 9.16. The Morgan fingerprint density at radius 1 is 1.06 bits per heavy atom. The highest BCUT2D eigenvalue weighted by Crippen LogP contribution is 2.72. The number of benzene rings is 1. The van der Waals surface area contributed by atoms with Crippen LogP contribution < -0.4 is 0 Å². The summed E-state index contributed by atoms with van der Waals surface area (Å²) >= 11 is 0. The van der Waals surface area contributed by atoms with E-state index in [4.69, 9.17) is 4.74 Å². The van der Waals surface area contributed by atoms with Crippen LogP contribution in [0.25, 0.3) is 16.5 Å². The van der Waals surface area contributed by atoms with Gasteiger partial charge in [-0.3, -0.25) is 0 Å². The average molecular weight is 494 g/mol. The lowest BCUT2D eigenvalue weighted by Crippen LogP contribution is -2.72. The molecule has 0 radical (unpaired) electrons. The lowest BCUT2D eigenvalue weighted by molar-refractivity contribution is -0.314. The smallest absolute Gasteiger partial charge is 0.140 e. The number of aromatic nitrogens is 2. The van der Waals surface area contributed by atoms with Crippen molar-refractivity contribution in [1.29, 1.82) is 0 Å². The maximum Gasteiger partial charge on any atom is 0.140 e. The van der Waals surface area contributed by atoms with Crippen LogP contribution in [0, 0.1) is 17.3 Å². The number of aliphatic hydroxyl groups excluding tert-OH is 2. The van der Waals surface area contributed by atoms with Crippen LogP contribution in [0.2, 0.25) is 0 Å². The first kappa shape index (κ1) is 23.2. The summed E-state index contributed by atoms with van der Waals surface area (Å²) in [4.78, 5) is 1.98. The van der Waals surface area contributed by atoms with Crippen molar-refractivity contribution in [2.24, 2.45) is 17.3 Å². The molecule has 2 saturated carbocycles. The molecular formula is C29H36FN3O3. The van der Waals surface area contributed by atoms with Gasteiger partial charge >= 0.3 is 0 Å². The number of ether oxygens (including phenoxy) is 1. The number of rotatable bonds is 2. The molecule has 2 bridgehead atoms. The molecule has 6 nitrogen and oxygen atoms in total. The predicted octanol–water partition coefficient (Wildman–Crippen LogP) is 3.91. The number of hydrogen-bond donors (Lipinski definition) is 2. The van der Waals surface area contributed by atoms with Gasteiger partial charge in [-0.15, -0.1) is 0 Å². The van der Waals surface area contributed by atoms with E-state index >= 15 is 4.39 Å². The van der Waals surface area contributed by atoms with E-state index in [1.807, 2.05) is 31.1 Å². The van der Waals surface area contributed by atoms with Gasteiger partial charge in [0.05, 0.1) is 29.5 Å². The summed E-state index contributed by atoms with van der Waals surface area (Å²) < 4.78 is 24.3. The van der Waals surface area contributed by atoms with Crippen molar-refractivity contribution in [3.05, 3.63) is 42.1 Å². The number of likely N-dealkylation sites (N-methyl/N-ethyl adjacent to an activating group) is 1. The zero-order valence-electron chi connectivity index (χ0n) is 21.3. The Balaban J connectivity index is 1.27. The van der Waals surface area contributed by atoms with E-state index in [1.165, 1.54) is 11.1 Å². The molecule has 9 atom stereocenters. The van der Waals surface area contributed by atoms with Gasteiger partial charge in [0.15, 0.2) is 0 Å². The molecule has 9 unspecified atom stereocenters. The molecule has 3 heterocycles. The summed E-state index contributed by atoms with van der Waals surface area (Å²) in [7, 11) is 3.87. The first-order chi connectivity index (χ1) is 17.1. The van der Waals surface area contributed by atoms with Gasteiger partial charge in [-0.05, 0) is 93.8 Å². The molecule has 4 fully saturated rings. The Kier molecular flexibility index (Phi) is 4.73. The van der Waals surface area contributed by atoms with E-state index in [1.54, 1.807) is 6.20 Å². The molecule has 2 saturated heterocycles. The Labute approximate surface area is 211 Å². The third kappa shape index (κ3) is 2.75. The first-order valence-electron chi connectivity index (χ1n) is 13.5. The number of allylic oxidation sites excluding steroid dienone is 2. The molecule has 1 aromatic carbocycles. The van der Waals surface area contributed by atoms with Crippen LogP contribution in [0.3, 0.4) is 0 Å². The SMILES string of the molecule is CN(C)C1CC23CCC4(O2)C2CC=C(c5ccc6nnccc6c5)C2(C)CCC4(F)CC3C(O)C1O.